The molecule has 0 aromatic rings. The van der Waals surface area contributed by atoms with Crippen LogP contribution < -0.4 is 5.73 Å². The summed E-state index contributed by atoms with van der Waals surface area (Å²) in [4.78, 5) is 2.74. The summed E-state index contributed by atoms with van der Waals surface area (Å²) in [6.07, 6.45) is 9.51. The molecule has 2 N–H and O–H groups in total. The molecule has 1 aliphatic heterocycles. The van der Waals surface area contributed by atoms with Crippen LogP contribution in [0.1, 0.15) is 51.9 Å². The molecule has 0 radical (unpaired) electrons. The van der Waals surface area contributed by atoms with Gasteiger partial charge in [0.1, 0.15) is 0 Å². The Hall–Kier alpha value is -0.120. The van der Waals surface area contributed by atoms with Gasteiger partial charge in [-0.2, -0.15) is 0 Å². The lowest BCUT2D eigenvalue weighted by Crippen LogP contribution is -2.60. The van der Waals surface area contributed by atoms with E-state index < -0.39 is 0 Å². The van der Waals surface area contributed by atoms with Crippen LogP contribution in [0.5, 0.6) is 0 Å². The highest BCUT2D eigenvalue weighted by molar-refractivity contribution is 4.97. The van der Waals surface area contributed by atoms with Crippen molar-refractivity contribution in [3.05, 3.63) is 0 Å². The predicted molar refractivity (Wildman–Crippen MR) is 75.6 cm³/mol. The summed E-state index contributed by atoms with van der Waals surface area (Å²) >= 11 is 0. The van der Waals surface area contributed by atoms with Gasteiger partial charge in [0.2, 0.25) is 0 Å². The number of methoxy groups -OCH3 is 1. The number of nitrogens with zero attached hydrogens (tertiary/aromatic N) is 1. The van der Waals surface area contributed by atoms with Crippen molar-refractivity contribution in [3.63, 3.8) is 0 Å². The van der Waals surface area contributed by atoms with E-state index in [9.17, 15) is 0 Å². The van der Waals surface area contributed by atoms with Gasteiger partial charge in [-0.25, -0.2) is 0 Å². The fraction of sp³-hybridized carbons (Fsp3) is 1.00. The van der Waals surface area contributed by atoms with E-state index in [0.29, 0.717) is 0 Å². The van der Waals surface area contributed by atoms with E-state index in [0.717, 1.165) is 31.5 Å². The number of rotatable bonds is 5. The number of fused-ring (bicyclic) bond motifs is 1. The second-order valence-corrected chi connectivity index (χ2v) is 6.39. The first-order chi connectivity index (χ1) is 8.71. The summed E-state index contributed by atoms with van der Waals surface area (Å²) in [6.45, 7) is 5.14. The minimum Gasteiger partial charge on any atom is -0.385 e. The highest BCUT2D eigenvalue weighted by atomic mass is 16.5. The lowest BCUT2D eigenvalue weighted by molar-refractivity contribution is -0.0298. The quantitative estimate of drug-likeness (QED) is 0.819. The Labute approximate surface area is 112 Å². The Balaban J connectivity index is 2.07. The van der Waals surface area contributed by atoms with E-state index in [4.69, 9.17) is 10.5 Å². The molecule has 0 spiro atoms. The van der Waals surface area contributed by atoms with Crippen LogP contribution in [0.3, 0.4) is 0 Å². The van der Waals surface area contributed by atoms with Crippen molar-refractivity contribution in [2.75, 3.05) is 26.8 Å². The maximum atomic E-state index is 6.10. The Morgan fingerprint density at radius 1 is 1.22 bits per heavy atom. The molecule has 0 aromatic heterocycles. The zero-order chi connectivity index (χ0) is 13.0. The van der Waals surface area contributed by atoms with Crippen molar-refractivity contribution < 1.29 is 4.74 Å². The van der Waals surface area contributed by atoms with Crippen molar-refractivity contribution in [2.24, 2.45) is 11.7 Å². The molecular weight excluding hydrogens is 224 g/mol. The van der Waals surface area contributed by atoms with Crippen LogP contribution in [0.15, 0.2) is 0 Å². The normalized spacial score (nSPS) is 32.8. The SMILES string of the molecule is COCCC(C)(CN)N1CCCC2CCCCC21. The first-order valence-electron chi connectivity index (χ1n) is 7.67. The van der Waals surface area contributed by atoms with Gasteiger partial charge < -0.3 is 10.5 Å². The second-order valence-electron chi connectivity index (χ2n) is 6.39. The minimum atomic E-state index is 0.136. The Morgan fingerprint density at radius 2 is 1.94 bits per heavy atom. The van der Waals surface area contributed by atoms with Gasteiger partial charge in [-0.3, -0.25) is 4.90 Å². The average molecular weight is 254 g/mol. The van der Waals surface area contributed by atoms with E-state index in [1.54, 1.807) is 7.11 Å². The molecule has 0 bridgehead atoms. The fourth-order valence-electron chi connectivity index (χ4n) is 3.98. The summed E-state index contributed by atoms with van der Waals surface area (Å²) < 4.78 is 5.28. The second kappa shape index (κ2) is 6.36. The van der Waals surface area contributed by atoms with Crippen molar-refractivity contribution in [1.29, 1.82) is 0 Å². The van der Waals surface area contributed by atoms with Crippen molar-refractivity contribution in [2.45, 2.75) is 63.5 Å². The fourth-order valence-corrected chi connectivity index (χ4v) is 3.98. The number of likely N-dealkylation sites (tertiary alicyclic amines) is 1. The molecule has 2 fully saturated rings. The Bertz CT molecular complexity index is 257. The van der Waals surface area contributed by atoms with Gasteiger partial charge >= 0.3 is 0 Å². The first kappa shape index (κ1) is 14.3. The minimum absolute atomic E-state index is 0.136. The smallest absolute Gasteiger partial charge is 0.0480 e. The molecule has 106 valence electrons. The summed E-state index contributed by atoms with van der Waals surface area (Å²) in [5.41, 5.74) is 6.24. The monoisotopic (exact) mass is 254 g/mol. The molecule has 1 saturated heterocycles. The molecule has 3 unspecified atom stereocenters. The molecule has 3 atom stereocenters. The first-order valence-corrected chi connectivity index (χ1v) is 7.67. The molecule has 1 saturated carbocycles. The van der Waals surface area contributed by atoms with E-state index >= 15 is 0 Å². The molecule has 0 aromatic carbocycles. The standard InChI is InChI=1S/C15H30N2O/c1-15(12-16,9-11-18-2)17-10-5-7-13-6-3-4-8-14(13)17/h13-14H,3-12,16H2,1-2H3. The van der Waals surface area contributed by atoms with E-state index in [2.05, 4.69) is 11.8 Å². The molecule has 18 heavy (non-hydrogen) atoms. The number of ether oxygens (including phenoxy) is 1. The zero-order valence-corrected chi connectivity index (χ0v) is 12.2. The zero-order valence-electron chi connectivity index (χ0n) is 12.2. The third kappa shape index (κ3) is 2.89. The molecule has 0 amide bonds. The Morgan fingerprint density at radius 3 is 2.67 bits per heavy atom. The Kier molecular flexibility index (Phi) is 5.05. The lowest BCUT2D eigenvalue weighted by atomic mass is 9.75. The van der Waals surface area contributed by atoms with E-state index in [-0.39, 0.29) is 5.54 Å². The lowest BCUT2D eigenvalue weighted by Gasteiger charge is -2.52. The van der Waals surface area contributed by atoms with Crippen LogP contribution in [0.25, 0.3) is 0 Å². The van der Waals surface area contributed by atoms with E-state index in [1.807, 2.05) is 0 Å². The number of hydrogen-bond acceptors (Lipinski definition) is 3. The molecular formula is C15H30N2O. The van der Waals surface area contributed by atoms with Crippen molar-refractivity contribution >= 4 is 0 Å². The summed E-state index contributed by atoms with van der Waals surface area (Å²) in [6, 6.07) is 0.790. The largest absolute Gasteiger partial charge is 0.385 e. The van der Waals surface area contributed by atoms with Gasteiger partial charge in [0.05, 0.1) is 0 Å². The number of hydrogen-bond donors (Lipinski definition) is 1. The van der Waals surface area contributed by atoms with Crippen LogP contribution in [0.4, 0.5) is 0 Å². The third-order valence-electron chi connectivity index (χ3n) is 5.22. The topological polar surface area (TPSA) is 38.5 Å². The molecule has 3 nitrogen and oxygen atoms in total. The van der Waals surface area contributed by atoms with Gasteiger partial charge in [0, 0.05) is 31.8 Å². The summed E-state index contributed by atoms with van der Waals surface area (Å²) in [5.74, 6) is 0.931. The van der Waals surface area contributed by atoms with Crippen LogP contribution in [-0.4, -0.2) is 43.3 Å². The van der Waals surface area contributed by atoms with Crippen LogP contribution >= 0.6 is 0 Å². The van der Waals surface area contributed by atoms with Crippen molar-refractivity contribution in [3.8, 4) is 0 Å². The van der Waals surface area contributed by atoms with Crippen LogP contribution in [0, 0.1) is 5.92 Å². The highest BCUT2D eigenvalue weighted by Gasteiger charge is 2.41. The average Bonchev–Trinajstić information content (AvgIpc) is 2.44. The highest BCUT2D eigenvalue weighted by Crippen LogP contribution is 2.39. The van der Waals surface area contributed by atoms with E-state index in [1.165, 1.54) is 45.1 Å². The maximum Gasteiger partial charge on any atom is 0.0480 e. The molecule has 2 rings (SSSR count). The molecule has 2 aliphatic rings. The predicted octanol–water partition coefficient (Wildman–Crippen LogP) is 2.39. The van der Waals surface area contributed by atoms with Crippen LogP contribution in [-0.2, 0) is 4.74 Å². The molecule has 1 heterocycles. The van der Waals surface area contributed by atoms with Crippen molar-refractivity contribution in [1.82, 2.24) is 4.90 Å². The van der Waals surface area contributed by atoms with Gasteiger partial charge in [0.25, 0.3) is 0 Å². The third-order valence-corrected chi connectivity index (χ3v) is 5.22. The summed E-state index contributed by atoms with van der Waals surface area (Å²) in [7, 11) is 1.79. The number of piperidine rings is 1. The van der Waals surface area contributed by atoms with Gasteiger partial charge in [-0.05, 0) is 51.5 Å². The number of nitrogens with two attached hydrogens (primary N) is 1. The van der Waals surface area contributed by atoms with Crippen LogP contribution in [0.2, 0.25) is 0 Å². The van der Waals surface area contributed by atoms with Gasteiger partial charge in [0.15, 0.2) is 0 Å². The summed E-state index contributed by atoms with van der Waals surface area (Å²) in [5, 5.41) is 0. The van der Waals surface area contributed by atoms with Gasteiger partial charge in [-0.1, -0.05) is 12.8 Å². The van der Waals surface area contributed by atoms with Gasteiger partial charge in [-0.15, -0.1) is 0 Å². The molecule has 3 heteroatoms. The molecule has 1 aliphatic carbocycles. The maximum absolute atomic E-state index is 6.10.